The largest absolute Gasteiger partial charge is 0.508 e. The first kappa shape index (κ1) is 37.8. The van der Waals surface area contributed by atoms with E-state index in [2.05, 4.69) is 20.8 Å². The molecular formula is C34H47Cl2NO9. The molecule has 0 amide bonds. The van der Waals surface area contributed by atoms with E-state index in [9.17, 15) is 29.1 Å². The number of phenols is 1. The van der Waals surface area contributed by atoms with Gasteiger partial charge in [-0.2, -0.15) is 0 Å². The Hall–Kier alpha value is -2.69. The van der Waals surface area contributed by atoms with Crippen LogP contribution >= 0.6 is 23.2 Å². The van der Waals surface area contributed by atoms with Crippen molar-refractivity contribution in [1.82, 2.24) is 4.90 Å². The number of benzene rings is 1. The maximum atomic E-state index is 14.6. The number of esters is 3. The van der Waals surface area contributed by atoms with Gasteiger partial charge in [-0.05, 0) is 62.1 Å². The molecule has 0 spiro atoms. The van der Waals surface area contributed by atoms with E-state index >= 15 is 0 Å². The van der Waals surface area contributed by atoms with E-state index in [4.69, 9.17) is 37.4 Å². The van der Waals surface area contributed by atoms with Crippen LogP contribution in [0.2, 0.25) is 0 Å². The number of phenolic OH excluding ortho intramolecular Hbond substituents is 1. The van der Waals surface area contributed by atoms with Crippen LogP contribution in [-0.2, 0) is 38.2 Å². The predicted octanol–water partition coefficient (Wildman–Crippen LogP) is 4.75. The monoisotopic (exact) mass is 683 g/mol. The highest BCUT2D eigenvalue weighted by atomic mass is 35.5. The average Bonchev–Trinajstić information content (AvgIpc) is 2.99. The van der Waals surface area contributed by atoms with Crippen molar-refractivity contribution in [3.8, 4) is 5.75 Å². The Kier molecular flexibility index (Phi) is 14.3. The van der Waals surface area contributed by atoms with Crippen LogP contribution in [0.5, 0.6) is 5.75 Å². The van der Waals surface area contributed by atoms with Gasteiger partial charge in [0.25, 0.3) is 0 Å². The molecule has 12 heteroatoms. The number of ether oxygens (including phenoxy) is 3. The highest BCUT2D eigenvalue weighted by Gasteiger charge is 2.60. The number of Topliss-reactive ketones (excluding diaryl/α,β-unsaturated/α-hetero) is 2. The third-order valence-corrected chi connectivity index (χ3v) is 9.56. The van der Waals surface area contributed by atoms with Crippen molar-refractivity contribution in [2.45, 2.75) is 71.9 Å². The second kappa shape index (κ2) is 17.5. The molecule has 2 aliphatic carbocycles. The lowest BCUT2D eigenvalue weighted by Gasteiger charge is -2.43. The molecule has 0 saturated heterocycles. The molecule has 3 rings (SSSR count). The standard InChI is InChI=1S/C34H47Cl2NO9/c1-6-44-32(41)26-25(21-9-11-22(38)12-10-21)27(33(42)45-7-2)31(40)28(30(26)39)29(37(16-14-35)17-15-36)34(43)46-24-18-20(5)8-13-23(24)19(3)4/h9-12,19-20,23-29,38H,6-8,13-18H2,1-5H3/t20-,23-,24-,25?,26-,27-,28?,29+/m1/s1. The summed E-state index contributed by atoms with van der Waals surface area (Å²) in [6, 6.07) is 4.04. The van der Waals surface area contributed by atoms with Gasteiger partial charge in [0.2, 0.25) is 0 Å². The second-order valence-electron chi connectivity index (χ2n) is 12.5. The van der Waals surface area contributed by atoms with Crippen molar-refractivity contribution in [1.29, 1.82) is 0 Å². The Morgan fingerprint density at radius 1 is 0.913 bits per heavy atom. The zero-order valence-electron chi connectivity index (χ0n) is 27.3. The summed E-state index contributed by atoms with van der Waals surface area (Å²) >= 11 is 12.3. The molecule has 0 aliphatic heterocycles. The highest BCUT2D eigenvalue weighted by Crippen LogP contribution is 2.45. The topological polar surface area (TPSA) is 137 Å². The van der Waals surface area contributed by atoms with Gasteiger partial charge in [-0.1, -0.05) is 39.3 Å². The molecule has 46 heavy (non-hydrogen) atoms. The molecule has 0 unspecified atom stereocenters. The number of nitrogens with zero attached hydrogens (tertiary/aromatic N) is 1. The zero-order chi connectivity index (χ0) is 34.1. The summed E-state index contributed by atoms with van der Waals surface area (Å²) in [5.74, 6) is -10.2. The van der Waals surface area contributed by atoms with Crippen LogP contribution in [0.1, 0.15) is 65.4 Å². The number of hydrogen-bond acceptors (Lipinski definition) is 10. The number of hydrogen-bond donors (Lipinski definition) is 1. The molecule has 1 N–H and O–H groups in total. The number of rotatable bonds is 14. The number of carbonyl (C=O) groups excluding carboxylic acids is 5. The molecule has 256 valence electrons. The summed E-state index contributed by atoms with van der Waals surface area (Å²) in [4.78, 5) is 72.2. The molecule has 1 aromatic rings. The van der Waals surface area contributed by atoms with Crippen molar-refractivity contribution in [3.63, 3.8) is 0 Å². The van der Waals surface area contributed by atoms with Crippen molar-refractivity contribution in [2.75, 3.05) is 38.1 Å². The normalized spacial score (nSPS) is 27.4. The molecule has 0 aromatic heterocycles. The quantitative estimate of drug-likeness (QED) is 0.127. The van der Waals surface area contributed by atoms with Gasteiger partial charge >= 0.3 is 17.9 Å². The molecule has 0 heterocycles. The van der Waals surface area contributed by atoms with E-state index in [1.54, 1.807) is 13.8 Å². The van der Waals surface area contributed by atoms with Crippen LogP contribution in [0.4, 0.5) is 0 Å². The zero-order valence-corrected chi connectivity index (χ0v) is 28.8. The summed E-state index contributed by atoms with van der Waals surface area (Å²) in [7, 11) is 0. The Morgan fingerprint density at radius 3 is 1.89 bits per heavy atom. The van der Waals surface area contributed by atoms with Crippen LogP contribution in [0.15, 0.2) is 24.3 Å². The van der Waals surface area contributed by atoms with Gasteiger partial charge in [0.1, 0.15) is 35.6 Å². The molecular weight excluding hydrogens is 637 g/mol. The molecule has 1 aromatic carbocycles. The van der Waals surface area contributed by atoms with Gasteiger partial charge in [-0.25, -0.2) is 0 Å². The number of halogens is 2. The van der Waals surface area contributed by atoms with Crippen LogP contribution in [0.25, 0.3) is 0 Å². The van der Waals surface area contributed by atoms with Gasteiger partial charge in [0, 0.05) is 30.8 Å². The molecule has 2 aliphatic rings. The fraction of sp³-hybridized carbons (Fsp3) is 0.676. The Morgan fingerprint density at radius 2 is 1.43 bits per heavy atom. The average molecular weight is 685 g/mol. The maximum absolute atomic E-state index is 14.6. The molecule has 0 radical (unpaired) electrons. The third kappa shape index (κ3) is 8.61. The van der Waals surface area contributed by atoms with Crippen molar-refractivity contribution in [3.05, 3.63) is 29.8 Å². The van der Waals surface area contributed by atoms with Crippen LogP contribution in [-0.4, -0.2) is 89.7 Å². The van der Waals surface area contributed by atoms with Gasteiger partial charge in [-0.15, -0.1) is 23.2 Å². The van der Waals surface area contributed by atoms with E-state index in [0.717, 1.165) is 12.8 Å². The summed E-state index contributed by atoms with van der Waals surface area (Å²) < 4.78 is 16.8. The number of ketones is 2. The van der Waals surface area contributed by atoms with E-state index in [0.29, 0.717) is 12.3 Å². The molecule has 6 atom stereocenters. The van der Waals surface area contributed by atoms with Gasteiger partial charge in [0.05, 0.1) is 13.2 Å². The summed E-state index contributed by atoms with van der Waals surface area (Å²) in [5, 5.41) is 9.92. The Balaban J connectivity index is 2.21. The van der Waals surface area contributed by atoms with Gasteiger partial charge < -0.3 is 19.3 Å². The van der Waals surface area contributed by atoms with Gasteiger partial charge in [-0.3, -0.25) is 28.9 Å². The first-order valence-corrected chi connectivity index (χ1v) is 17.2. The predicted molar refractivity (Wildman–Crippen MR) is 173 cm³/mol. The van der Waals surface area contributed by atoms with Gasteiger partial charge in [0.15, 0.2) is 11.6 Å². The fourth-order valence-electron chi connectivity index (χ4n) is 7.03. The van der Waals surface area contributed by atoms with Crippen LogP contribution in [0, 0.1) is 35.5 Å². The highest BCUT2D eigenvalue weighted by molar-refractivity contribution is 6.21. The second-order valence-corrected chi connectivity index (χ2v) is 13.3. The lowest BCUT2D eigenvalue weighted by atomic mass is 9.62. The van der Waals surface area contributed by atoms with E-state index in [1.807, 2.05) is 0 Å². The Bertz CT molecular complexity index is 1180. The third-order valence-electron chi connectivity index (χ3n) is 9.23. The lowest BCUT2D eigenvalue weighted by Crippen LogP contribution is -2.61. The molecule has 0 bridgehead atoms. The van der Waals surface area contributed by atoms with E-state index < -0.39 is 65.3 Å². The Labute approximate surface area is 281 Å². The van der Waals surface area contributed by atoms with Crippen molar-refractivity contribution >= 4 is 52.7 Å². The minimum absolute atomic E-state index is 0.0452. The van der Waals surface area contributed by atoms with Crippen LogP contribution < -0.4 is 0 Å². The number of alkyl halides is 2. The number of aromatic hydroxyl groups is 1. The molecule has 2 fully saturated rings. The lowest BCUT2D eigenvalue weighted by molar-refractivity contribution is -0.175. The summed E-state index contributed by atoms with van der Waals surface area (Å²) in [6.45, 7) is 9.39. The van der Waals surface area contributed by atoms with Crippen molar-refractivity contribution in [2.24, 2.45) is 35.5 Å². The summed E-state index contributed by atoms with van der Waals surface area (Å²) in [6.07, 6.45) is 2.03. The first-order chi connectivity index (χ1) is 21.9. The fourth-order valence-corrected chi connectivity index (χ4v) is 7.46. The minimum atomic E-state index is -1.77. The summed E-state index contributed by atoms with van der Waals surface area (Å²) in [5.41, 5.74) is 0.280. The molecule has 2 saturated carbocycles. The number of carbonyl (C=O) groups is 5. The van der Waals surface area contributed by atoms with Crippen LogP contribution in [0.3, 0.4) is 0 Å². The first-order valence-electron chi connectivity index (χ1n) is 16.2. The van der Waals surface area contributed by atoms with E-state index in [-0.39, 0.29) is 61.2 Å². The maximum Gasteiger partial charge on any atom is 0.324 e. The SMILES string of the molecule is CCOC(=O)[C@H]1C(=O)C([C@@H](C(=O)O[C@@H]2C[C@H](C)CC[C@@H]2C(C)C)N(CCCl)CCCl)C(=O)[C@H](C(=O)OCC)C1c1ccc(O)cc1. The smallest absolute Gasteiger partial charge is 0.324 e. The van der Waals surface area contributed by atoms with Crippen molar-refractivity contribution < 1.29 is 43.3 Å². The minimum Gasteiger partial charge on any atom is -0.508 e. The molecule has 10 nitrogen and oxygen atoms in total. The van der Waals surface area contributed by atoms with E-state index in [1.165, 1.54) is 29.2 Å².